The van der Waals surface area contributed by atoms with Gasteiger partial charge in [0.2, 0.25) is 0 Å². The molecule has 0 unspecified atom stereocenters. The molecular formula is C8H13N3O3. The number of aromatic amines is 2. The predicted octanol–water partition coefficient (Wildman–Crippen LogP) is -0.531. The maximum Gasteiger partial charge on any atom is 0.269 e. The number of amides is 1. The van der Waals surface area contributed by atoms with Crippen LogP contribution in [0.5, 0.6) is 0 Å². The van der Waals surface area contributed by atoms with E-state index in [1.807, 2.05) is 0 Å². The minimum Gasteiger partial charge on any atom is -0.385 e. The number of rotatable bonds is 5. The van der Waals surface area contributed by atoms with Gasteiger partial charge in [-0.25, -0.2) is 0 Å². The van der Waals surface area contributed by atoms with Gasteiger partial charge in [0.05, 0.1) is 0 Å². The number of aromatic nitrogens is 2. The number of nitrogens with one attached hydrogen (secondary N) is 3. The third-order valence-electron chi connectivity index (χ3n) is 1.65. The molecule has 1 amide bonds. The zero-order valence-electron chi connectivity index (χ0n) is 7.92. The third kappa shape index (κ3) is 3.06. The van der Waals surface area contributed by atoms with Gasteiger partial charge in [-0.2, -0.15) is 0 Å². The van der Waals surface area contributed by atoms with Crippen LogP contribution in [0.4, 0.5) is 0 Å². The molecule has 14 heavy (non-hydrogen) atoms. The van der Waals surface area contributed by atoms with Crippen LogP contribution in [0.2, 0.25) is 0 Å². The summed E-state index contributed by atoms with van der Waals surface area (Å²) in [4.78, 5) is 22.0. The highest BCUT2D eigenvalue weighted by Gasteiger charge is 2.06. The molecular weight excluding hydrogens is 186 g/mol. The smallest absolute Gasteiger partial charge is 0.269 e. The second-order valence-corrected chi connectivity index (χ2v) is 2.77. The summed E-state index contributed by atoms with van der Waals surface area (Å²) in [6, 6.07) is 1.21. The van der Waals surface area contributed by atoms with E-state index in [4.69, 9.17) is 4.74 Å². The lowest BCUT2D eigenvalue weighted by Crippen LogP contribution is -2.25. The zero-order valence-corrected chi connectivity index (χ0v) is 7.92. The first kappa shape index (κ1) is 10.5. The van der Waals surface area contributed by atoms with Gasteiger partial charge in [-0.3, -0.25) is 19.8 Å². The Labute approximate surface area is 80.6 Å². The molecule has 0 saturated heterocycles. The standard InChI is InChI=1S/C8H13N3O3/c1-14-4-2-3-9-8(13)6-5-7(12)11-10-6/h5H,2-4H2,1H3,(H,9,13)(H2,10,11,12). The number of hydrogen-bond donors (Lipinski definition) is 3. The Kier molecular flexibility index (Phi) is 3.93. The van der Waals surface area contributed by atoms with Gasteiger partial charge in [0.1, 0.15) is 5.69 Å². The monoisotopic (exact) mass is 199 g/mol. The van der Waals surface area contributed by atoms with Gasteiger partial charge in [0.25, 0.3) is 11.5 Å². The van der Waals surface area contributed by atoms with Crippen molar-refractivity contribution in [2.75, 3.05) is 20.3 Å². The van der Waals surface area contributed by atoms with E-state index < -0.39 is 0 Å². The maximum atomic E-state index is 11.3. The Hall–Kier alpha value is -1.56. The van der Waals surface area contributed by atoms with Crippen molar-refractivity contribution in [3.05, 3.63) is 22.1 Å². The molecule has 0 saturated carbocycles. The van der Waals surface area contributed by atoms with Crippen molar-refractivity contribution < 1.29 is 9.53 Å². The molecule has 0 spiro atoms. The van der Waals surface area contributed by atoms with Crippen LogP contribution in [-0.2, 0) is 4.74 Å². The van der Waals surface area contributed by atoms with Crippen LogP contribution in [0.3, 0.4) is 0 Å². The highest BCUT2D eigenvalue weighted by Crippen LogP contribution is 1.87. The Morgan fingerprint density at radius 2 is 2.36 bits per heavy atom. The summed E-state index contributed by atoms with van der Waals surface area (Å²) in [6.45, 7) is 1.13. The molecule has 0 bridgehead atoms. The van der Waals surface area contributed by atoms with Gasteiger partial charge in [-0.05, 0) is 6.42 Å². The number of methoxy groups -OCH3 is 1. The minimum absolute atomic E-state index is 0.243. The summed E-state index contributed by atoms with van der Waals surface area (Å²) in [5, 5.41) is 7.39. The number of hydrogen-bond acceptors (Lipinski definition) is 3. The first-order valence-corrected chi connectivity index (χ1v) is 4.29. The molecule has 0 aliphatic heterocycles. The molecule has 3 N–H and O–H groups in total. The van der Waals surface area contributed by atoms with E-state index in [9.17, 15) is 9.59 Å². The van der Waals surface area contributed by atoms with Gasteiger partial charge in [0.15, 0.2) is 0 Å². The Bertz CT molecular complexity index is 342. The normalized spacial score (nSPS) is 10.1. The fraction of sp³-hybridized carbons (Fsp3) is 0.500. The highest BCUT2D eigenvalue weighted by molar-refractivity contribution is 5.91. The van der Waals surface area contributed by atoms with Crippen molar-refractivity contribution in [3.8, 4) is 0 Å². The van der Waals surface area contributed by atoms with Crippen LogP contribution in [0.15, 0.2) is 10.9 Å². The number of H-pyrrole nitrogens is 2. The molecule has 0 aromatic carbocycles. The molecule has 0 aliphatic rings. The van der Waals surface area contributed by atoms with Crippen molar-refractivity contribution in [1.82, 2.24) is 15.5 Å². The SMILES string of the molecule is COCCCNC(=O)c1cc(=O)[nH][nH]1. The summed E-state index contributed by atoms with van der Waals surface area (Å²) in [5.41, 5.74) is -0.0699. The largest absolute Gasteiger partial charge is 0.385 e. The van der Waals surface area contributed by atoms with Gasteiger partial charge in [-0.1, -0.05) is 0 Å². The van der Waals surface area contributed by atoms with Crippen molar-refractivity contribution in [3.63, 3.8) is 0 Å². The summed E-state index contributed by atoms with van der Waals surface area (Å²) < 4.78 is 4.82. The average Bonchev–Trinajstić information content (AvgIpc) is 2.59. The van der Waals surface area contributed by atoms with Crippen molar-refractivity contribution in [2.24, 2.45) is 0 Å². The van der Waals surface area contributed by atoms with E-state index in [2.05, 4.69) is 15.5 Å². The lowest BCUT2D eigenvalue weighted by atomic mass is 10.4. The molecule has 0 radical (unpaired) electrons. The molecule has 6 heteroatoms. The van der Waals surface area contributed by atoms with Gasteiger partial charge >= 0.3 is 0 Å². The highest BCUT2D eigenvalue weighted by atomic mass is 16.5. The Balaban J connectivity index is 2.32. The maximum absolute atomic E-state index is 11.3. The molecule has 78 valence electrons. The fourth-order valence-electron chi connectivity index (χ4n) is 0.968. The molecule has 0 aliphatic carbocycles. The van der Waals surface area contributed by atoms with E-state index in [1.54, 1.807) is 7.11 Å². The van der Waals surface area contributed by atoms with Crippen LogP contribution >= 0.6 is 0 Å². The number of carbonyl (C=O) groups is 1. The topological polar surface area (TPSA) is 87.0 Å². The van der Waals surface area contributed by atoms with Gasteiger partial charge in [0, 0.05) is 26.3 Å². The van der Waals surface area contributed by atoms with Gasteiger partial charge in [-0.15, -0.1) is 0 Å². The summed E-state index contributed by atoms with van der Waals surface area (Å²) in [6.07, 6.45) is 0.747. The quantitative estimate of drug-likeness (QED) is 0.557. The van der Waals surface area contributed by atoms with Crippen molar-refractivity contribution >= 4 is 5.91 Å². The number of carbonyl (C=O) groups excluding carboxylic acids is 1. The van der Waals surface area contributed by atoms with Crippen LogP contribution in [0.1, 0.15) is 16.9 Å². The van der Waals surface area contributed by atoms with E-state index in [-0.39, 0.29) is 17.2 Å². The van der Waals surface area contributed by atoms with E-state index in [1.165, 1.54) is 6.07 Å². The minimum atomic E-state index is -0.313. The zero-order chi connectivity index (χ0) is 10.4. The molecule has 1 aromatic rings. The fourth-order valence-corrected chi connectivity index (χ4v) is 0.968. The lowest BCUT2D eigenvalue weighted by molar-refractivity contribution is 0.0943. The summed E-state index contributed by atoms with van der Waals surface area (Å²) >= 11 is 0. The third-order valence-corrected chi connectivity index (χ3v) is 1.65. The van der Waals surface area contributed by atoms with Crippen LogP contribution < -0.4 is 10.9 Å². The first-order valence-electron chi connectivity index (χ1n) is 4.29. The first-order chi connectivity index (χ1) is 6.74. The van der Waals surface area contributed by atoms with Crippen molar-refractivity contribution in [2.45, 2.75) is 6.42 Å². The average molecular weight is 199 g/mol. The van der Waals surface area contributed by atoms with E-state index >= 15 is 0 Å². The second-order valence-electron chi connectivity index (χ2n) is 2.77. The Morgan fingerprint density at radius 1 is 1.57 bits per heavy atom. The molecule has 1 aromatic heterocycles. The molecule has 0 fully saturated rings. The molecule has 0 atom stereocenters. The van der Waals surface area contributed by atoms with Crippen LogP contribution in [0.25, 0.3) is 0 Å². The summed E-state index contributed by atoms with van der Waals surface area (Å²) in [7, 11) is 1.60. The number of ether oxygens (including phenoxy) is 1. The van der Waals surface area contributed by atoms with E-state index in [0.29, 0.717) is 13.2 Å². The second kappa shape index (κ2) is 5.23. The van der Waals surface area contributed by atoms with Crippen LogP contribution in [-0.4, -0.2) is 36.4 Å². The molecule has 1 rings (SSSR count). The Morgan fingerprint density at radius 3 is 2.93 bits per heavy atom. The molecule has 6 nitrogen and oxygen atoms in total. The van der Waals surface area contributed by atoms with Gasteiger partial charge < -0.3 is 10.1 Å². The van der Waals surface area contributed by atoms with E-state index in [0.717, 1.165) is 6.42 Å². The predicted molar refractivity (Wildman–Crippen MR) is 50.2 cm³/mol. The lowest BCUT2D eigenvalue weighted by Gasteiger charge is -2.01. The van der Waals surface area contributed by atoms with Crippen LogP contribution in [0, 0.1) is 0 Å². The van der Waals surface area contributed by atoms with Crippen molar-refractivity contribution in [1.29, 1.82) is 0 Å². The molecule has 1 heterocycles. The summed E-state index contributed by atoms with van der Waals surface area (Å²) in [5.74, 6) is -0.292.